The SMILES string of the molecule is O=C(O)/C=C/c1ccc(NC(=O)C2(NC(=O)c3ccc4c(c3)nc(-c3ccoc3)n4C3CCC3)CCCC2)cc1. The molecule has 0 unspecified atom stereocenters. The van der Waals surface area contributed by atoms with E-state index in [0.717, 1.165) is 54.2 Å². The molecule has 0 atom stereocenters. The smallest absolute Gasteiger partial charge is 0.328 e. The number of nitrogens with one attached hydrogen (secondary N) is 2. The summed E-state index contributed by atoms with van der Waals surface area (Å²) in [6, 6.07) is 14.7. The van der Waals surface area contributed by atoms with Crippen LogP contribution in [0, 0.1) is 0 Å². The first-order valence-corrected chi connectivity index (χ1v) is 13.6. The van der Waals surface area contributed by atoms with Crippen molar-refractivity contribution < 1.29 is 23.9 Å². The largest absolute Gasteiger partial charge is 0.478 e. The number of fused-ring (bicyclic) bond motifs is 1. The first-order valence-electron chi connectivity index (χ1n) is 13.6. The molecule has 2 fully saturated rings. The number of aromatic nitrogens is 2. The highest BCUT2D eigenvalue weighted by Crippen LogP contribution is 2.39. The van der Waals surface area contributed by atoms with Crippen molar-refractivity contribution in [1.29, 1.82) is 0 Å². The van der Waals surface area contributed by atoms with E-state index < -0.39 is 11.5 Å². The van der Waals surface area contributed by atoms with Gasteiger partial charge >= 0.3 is 5.97 Å². The molecule has 9 nitrogen and oxygen atoms in total. The van der Waals surface area contributed by atoms with Gasteiger partial charge < -0.3 is 24.7 Å². The minimum absolute atomic E-state index is 0.259. The molecule has 0 spiro atoms. The molecule has 204 valence electrons. The fourth-order valence-corrected chi connectivity index (χ4v) is 5.62. The summed E-state index contributed by atoms with van der Waals surface area (Å²) in [4.78, 5) is 42.6. The zero-order chi connectivity index (χ0) is 27.7. The van der Waals surface area contributed by atoms with Crippen LogP contribution in [0.4, 0.5) is 5.69 Å². The number of amides is 2. The van der Waals surface area contributed by atoms with Crippen LogP contribution in [0.3, 0.4) is 0 Å². The highest BCUT2D eigenvalue weighted by molar-refractivity contribution is 6.05. The summed E-state index contributed by atoms with van der Waals surface area (Å²) in [5.74, 6) is -0.761. The number of nitrogens with zero attached hydrogens (tertiary/aromatic N) is 2. The van der Waals surface area contributed by atoms with Gasteiger partial charge in [0.15, 0.2) is 0 Å². The Bertz CT molecular complexity index is 1590. The maximum atomic E-state index is 13.5. The Morgan fingerprint density at radius 1 is 1.02 bits per heavy atom. The number of carbonyl (C=O) groups is 3. The summed E-state index contributed by atoms with van der Waals surface area (Å²) in [5.41, 5.74) is 3.34. The van der Waals surface area contributed by atoms with Crippen molar-refractivity contribution in [3.05, 3.63) is 78.3 Å². The molecular formula is C31H30N4O5. The number of benzene rings is 2. The summed E-state index contributed by atoms with van der Waals surface area (Å²) >= 11 is 0. The highest BCUT2D eigenvalue weighted by atomic mass is 16.4. The molecule has 4 aromatic rings. The summed E-state index contributed by atoms with van der Waals surface area (Å²) in [7, 11) is 0. The molecular weight excluding hydrogens is 508 g/mol. The van der Waals surface area contributed by atoms with Crippen molar-refractivity contribution in [3.63, 3.8) is 0 Å². The standard InChI is InChI=1S/C31H30N4O5/c36-27(37)13-8-20-6-10-23(11-7-20)32-30(39)31(15-1-2-16-31)34-29(38)21-9-12-26-25(18-21)33-28(22-14-17-40-19-22)35(26)24-4-3-5-24/h6-14,17-19,24H,1-5,15-16H2,(H,32,39)(H,34,38)(H,36,37)/b13-8+. The number of hydrogen-bond acceptors (Lipinski definition) is 5. The van der Waals surface area contributed by atoms with Crippen LogP contribution in [-0.2, 0) is 9.59 Å². The van der Waals surface area contributed by atoms with Gasteiger partial charge in [0.25, 0.3) is 5.91 Å². The second-order valence-electron chi connectivity index (χ2n) is 10.6. The molecule has 0 saturated heterocycles. The Balaban J connectivity index is 1.22. The molecule has 9 heteroatoms. The molecule has 6 rings (SSSR count). The first kappa shape index (κ1) is 25.6. The normalized spacial score (nSPS) is 16.7. The Morgan fingerprint density at radius 2 is 1.80 bits per heavy atom. The quantitative estimate of drug-likeness (QED) is 0.243. The first-order chi connectivity index (χ1) is 19.4. The molecule has 0 bridgehead atoms. The van der Waals surface area contributed by atoms with E-state index in [0.29, 0.717) is 35.7 Å². The molecule has 2 saturated carbocycles. The molecule has 2 aromatic heterocycles. The van der Waals surface area contributed by atoms with Crippen LogP contribution >= 0.6 is 0 Å². The van der Waals surface area contributed by atoms with Gasteiger partial charge in [-0.05, 0) is 80.1 Å². The molecule has 0 radical (unpaired) electrons. The van der Waals surface area contributed by atoms with E-state index in [1.807, 2.05) is 12.1 Å². The average molecular weight is 539 g/mol. The number of imidazole rings is 1. The topological polar surface area (TPSA) is 126 Å². The van der Waals surface area contributed by atoms with Crippen LogP contribution in [0.25, 0.3) is 28.5 Å². The van der Waals surface area contributed by atoms with Gasteiger partial charge in [0.2, 0.25) is 5.91 Å². The van der Waals surface area contributed by atoms with Crippen molar-refractivity contribution in [1.82, 2.24) is 14.9 Å². The minimum atomic E-state index is -1.03. The summed E-state index contributed by atoms with van der Waals surface area (Å²) in [6.45, 7) is 0. The van der Waals surface area contributed by atoms with E-state index >= 15 is 0 Å². The second-order valence-corrected chi connectivity index (χ2v) is 10.6. The van der Waals surface area contributed by atoms with Crippen LogP contribution in [0.1, 0.15) is 66.9 Å². The molecule has 2 aliphatic rings. The zero-order valence-electron chi connectivity index (χ0n) is 21.9. The number of anilines is 1. The van der Waals surface area contributed by atoms with Crippen molar-refractivity contribution in [2.24, 2.45) is 0 Å². The van der Waals surface area contributed by atoms with Crippen LogP contribution in [0.2, 0.25) is 0 Å². The number of hydrogen-bond donors (Lipinski definition) is 3. The van der Waals surface area contributed by atoms with Crippen LogP contribution < -0.4 is 10.6 Å². The minimum Gasteiger partial charge on any atom is -0.478 e. The number of furan rings is 1. The molecule has 3 N–H and O–H groups in total. The van der Waals surface area contributed by atoms with E-state index in [-0.39, 0.29) is 11.8 Å². The molecule has 2 aliphatic carbocycles. The van der Waals surface area contributed by atoms with Gasteiger partial charge in [0.1, 0.15) is 17.6 Å². The lowest BCUT2D eigenvalue weighted by molar-refractivity contribution is -0.131. The lowest BCUT2D eigenvalue weighted by atomic mass is 9.92. The third kappa shape index (κ3) is 4.90. The van der Waals surface area contributed by atoms with Crippen molar-refractivity contribution >= 4 is 40.6 Å². The molecule has 2 amide bonds. The van der Waals surface area contributed by atoms with Crippen LogP contribution in [-0.4, -0.2) is 38.0 Å². The fourth-order valence-electron chi connectivity index (χ4n) is 5.62. The third-order valence-corrected chi connectivity index (χ3v) is 8.00. The van der Waals surface area contributed by atoms with Crippen molar-refractivity contribution in [2.45, 2.75) is 56.5 Å². The van der Waals surface area contributed by atoms with E-state index in [2.05, 4.69) is 15.2 Å². The Morgan fingerprint density at radius 3 is 2.45 bits per heavy atom. The number of aliphatic carboxylic acids is 1. The summed E-state index contributed by atoms with van der Waals surface area (Å²) in [5, 5.41) is 14.8. The zero-order valence-corrected chi connectivity index (χ0v) is 21.9. The Labute approximate surface area is 230 Å². The number of rotatable bonds is 8. The Hall–Kier alpha value is -4.66. The van der Waals surface area contributed by atoms with E-state index in [1.165, 1.54) is 12.5 Å². The maximum absolute atomic E-state index is 13.5. The second kappa shape index (κ2) is 10.5. The van der Waals surface area contributed by atoms with Gasteiger partial charge in [-0.25, -0.2) is 9.78 Å². The van der Waals surface area contributed by atoms with E-state index in [1.54, 1.807) is 48.9 Å². The molecule has 0 aliphatic heterocycles. The number of carbonyl (C=O) groups excluding carboxylic acids is 2. The van der Waals surface area contributed by atoms with Crippen molar-refractivity contribution in [3.8, 4) is 11.4 Å². The van der Waals surface area contributed by atoms with Gasteiger partial charge in [-0.3, -0.25) is 9.59 Å². The summed E-state index contributed by atoms with van der Waals surface area (Å²) in [6.07, 6.45) is 12.0. The predicted octanol–water partition coefficient (Wildman–Crippen LogP) is 5.80. The number of carboxylic acid groups (broad SMARTS) is 1. The van der Waals surface area contributed by atoms with Gasteiger partial charge in [-0.2, -0.15) is 0 Å². The van der Waals surface area contributed by atoms with Crippen LogP contribution in [0.5, 0.6) is 0 Å². The van der Waals surface area contributed by atoms with Gasteiger partial charge in [-0.1, -0.05) is 25.0 Å². The van der Waals surface area contributed by atoms with E-state index in [9.17, 15) is 14.4 Å². The third-order valence-electron chi connectivity index (χ3n) is 8.00. The van der Waals surface area contributed by atoms with Gasteiger partial charge in [0, 0.05) is 23.4 Å². The van der Waals surface area contributed by atoms with Crippen molar-refractivity contribution in [2.75, 3.05) is 5.32 Å². The molecule has 2 aromatic carbocycles. The van der Waals surface area contributed by atoms with Gasteiger partial charge in [-0.15, -0.1) is 0 Å². The molecule has 2 heterocycles. The van der Waals surface area contributed by atoms with Crippen LogP contribution in [0.15, 0.2) is 71.6 Å². The number of carboxylic acids is 1. The predicted molar refractivity (Wildman–Crippen MR) is 151 cm³/mol. The molecule has 40 heavy (non-hydrogen) atoms. The summed E-state index contributed by atoms with van der Waals surface area (Å²) < 4.78 is 7.56. The Kier molecular flexibility index (Phi) is 6.71. The monoisotopic (exact) mass is 538 g/mol. The van der Waals surface area contributed by atoms with E-state index in [4.69, 9.17) is 14.5 Å². The fraction of sp³-hybridized carbons (Fsp3) is 0.290. The average Bonchev–Trinajstić information content (AvgIpc) is 3.68. The van der Waals surface area contributed by atoms with Gasteiger partial charge in [0.05, 0.1) is 22.9 Å². The maximum Gasteiger partial charge on any atom is 0.328 e. The lowest BCUT2D eigenvalue weighted by Crippen LogP contribution is -2.55. The highest BCUT2D eigenvalue weighted by Gasteiger charge is 2.42. The lowest BCUT2D eigenvalue weighted by Gasteiger charge is -2.29.